The molecule has 0 radical (unpaired) electrons. The molecular weight excluding hydrogens is 150 g/mol. The number of hydrogen-bond donors (Lipinski definition) is 0. The van der Waals surface area contributed by atoms with Gasteiger partial charge in [-0.15, -0.1) is 0 Å². The van der Waals surface area contributed by atoms with Gasteiger partial charge in [0.05, 0.1) is 0 Å². The first-order chi connectivity index (χ1) is 5.79. The number of nitrogens with zero attached hydrogens (tertiary/aromatic N) is 1. The van der Waals surface area contributed by atoms with Crippen LogP contribution in [0.2, 0.25) is 0 Å². The highest BCUT2D eigenvalue weighted by Gasteiger charge is 2.14. The maximum Gasteiger partial charge on any atom is 0.276 e. The van der Waals surface area contributed by atoms with Crippen molar-refractivity contribution >= 4 is 12.1 Å². The predicted octanol–water partition coefficient (Wildman–Crippen LogP) is 1.76. The molecule has 0 atom stereocenters. The van der Waals surface area contributed by atoms with Crippen molar-refractivity contribution in [3.8, 4) is 0 Å². The molecule has 0 N–H and O–H groups in total. The van der Waals surface area contributed by atoms with Gasteiger partial charge >= 0.3 is 0 Å². The van der Waals surface area contributed by atoms with Crippen molar-refractivity contribution in [3.05, 3.63) is 34.9 Å². The van der Waals surface area contributed by atoms with Crippen LogP contribution in [0.3, 0.4) is 0 Å². The zero-order chi connectivity index (χ0) is 8.55. The first kappa shape index (κ1) is 7.22. The second-order valence-corrected chi connectivity index (χ2v) is 2.92. The van der Waals surface area contributed by atoms with Crippen molar-refractivity contribution < 1.29 is 4.79 Å². The molecule has 60 valence electrons. The number of benzene rings is 1. The smallest absolute Gasteiger partial charge is 0.267 e. The zero-order valence-electron chi connectivity index (χ0n) is 6.87. The lowest BCUT2D eigenvalue weighted by atomic mass is 9.97. The minimum atomic E-state index is -0.111. The molecule has 2 nitrogen and oxygen atoms in total. The normalized spacial score (nSPS) is 14.6. The topological polar surface area (TPSA) is 29.4 Å². The van der Waals surface area contributed by atoms with Gasteiger partial charge in [0, 0.05) is 18.2 Å². The molecule has 0 spiro atoms. The fourth-order valence-electron chi connectivity index (χ4n) is 1.46. The van der Waals surface area contributed by atoms with Gasteiger partial charge in [0.1, 0.15) is 0 Å². The number of carbonyl (C=O) groups is 1. The second kappa shape index (κ2) is 2.55. The Bertz CT molecular complexity index is 366. The third-order valence-electron chi connectivity index (χ3n) is 2.14. The van der Waals surface area contributed by atoms with Crippen LogP contribution in [0, 0.1) is 6.92 Å². The van der Waals surface area contributed by atoms with Crippen LogP contribution in [0.1, 0.15) is 21.5 Å². The van der Waals surface area contributed by atoms with Gasteiger partial charge in [-0.25, -0.2) is 4.99 Å². The van der Waals surface area contributed by atoms with Gasteiger partial charge in [-0.1, -0.05) is 12.1 Å². The van der Waals surface area contributed by atoms with Crippen LogP contribution in [-0.2, 0) is 6.42 Å². The summed E-state index contributed by atoms with van der Waals surface area (Å²) in [5.41, 5.74) is 3.06. The maximum atomic E-state index is 11.2. The molecule has 1 amide bonds. The summed E-state index contributed by atoms with van der Waals surface area (Å²) in [4.78, 5) is 15.0. The number of amides is 1. The summed E-state index contributed by atoms with van der Waals surface area (Å²) < 4.78 is 0. The second-order valence-electron chi connectivity index (χ2n) is 2.92. The van der Waals surface area contributed by atoms with E-state index in [1.807, 2.05) is 25.1 Å². The Kier molecular flexibility index (Phi) is 1.54. The summed E-state index contributed by atoms with van der Waals surface area (Å²) >= 11 is 0. The van der Waals surface area contributed by atoms with E-state index in [2.05, 4.69) is 4.99 Å². The molecule has 2 rings (SSSR count). The monoisotopic (exact) mass is 159 g/mol. The van der Waals surface area contributed by atoms with Gasteiger partial charge in [-0.05, 0) is 24.1 Å². The van der Waals surface area contributed by atoms with Gasteiger partial charge in [0.15, 0.2) is 0 Å². The molecule has 0 bridgehead atoms. The van der Waals surface area contributed by atoms with Crippen molar-refractivity contribution in [1.82, 2.24) is 0 Å². The molecule has 0 saturated heterocycles. The van der Waals surface area contributed by atoms with E-state index >= 15 is 0 Å². The Morgan fingerprint density at radius 2 is 2.25 bits per heavy atom. The number of carbonyl (C=O) groups excluding carboxylic acids is 1. The molecule has 0 saturated carbocycles. The lowest BCUT2D eigenvalue weighted by molar-refractivity contribution is 0.100. The minimum Gasteiger partial charge on any atom is -0.267 e. The summed E-state index contributed by atoms with van der Waals surface area (Å²) in [5.74, 6) is -0.111. The van der Waals surface area contributed by atoms with Crippen molar-refractivity contribution in [3.63, 3.8) is 0 Å². The lowest BCUT2D eigenvalue weighted by Gasteiger charge is -2.10. The molecule has 0 unspecified atom stereocenters. The Morgan fingerprint density at radius 3 is 3.00 bits per heavy atom. The van der Waals surface area contributed by atoms with E-state index < -0.39 is 0 Å². The molecule has 2 heteroatoms. The third-order valence-corrected chi connectivity index (χ3v) is 2.14. The van der Waals surface area contributed by atoms with E-state index in [1.54, 1.807) is 6.21 Å². The van der Waals surface area contributed by atoms with E-state index in [0.717, 1.165) is 17.5 Å². The van der Waals surface area contributed by atoms with E-state index in [-0.39, 0.29) is 5.91 Å². The van der Waals surface area contributed by atoms with Crippen LogP contribution >= 0.6 is 0 Å². The van der Waals surface area contributed by atoms with Crippen molar-refractivity contribution in [2.45, 2.75) is 13.3 Å². The summed E-state index contributed by atoms with van der Waals surface area (Å²) in [7, 11) is 0. The maximum absolute atomic E-state index is 11.2. The Labute approximate surface area is 70.9 Å². The summed E-state index contributed by atoms with van der Waals surface area (Å²) in [6.45, 7) is 2.02. The van der Waals surface area contributed by atoms with Gasteiger partial charge in [0.2, 0.25) is 0 Å². The number of hydrogen-bond acceptors (Lipinski definition) is 1. The summed E-state index contributed by atoms with van der Waals surface area (Å²) in [6, 6.07) is 5.75. The predicted molar refractivity (Wildman–Crippen MR) is 47.7 cm³/mol. The first-order valence-electron chi connectivity index (χ1n) is 3.94. The van der Waals surface area contributed by atoms with Crippen LogP contribution in [0.25, 0.3) is 0 Å². The summed E-state index contributed by atoms with van der Waals surface area (Å²) in [5, 5.41) is 0. The fraction of sp³-hybridized carbons (Fsp3) is 0.200. The highest BCUT2D eigenvalue weighted by molar-refractivity contribution is 6.03. The molecule has 1 aliphatic heterocycles. The molecule has 1 heterocycles. The number of aliphatic imine (C=N–C) groups is 1. The summed E-state index contributed by atoms with van der Waals surface area (Å²) in [6.07, 6.45) is 2.46. The standard InChI is InChI=1S/C10H9NO/c1-7-3-2-4-9-8(7)5-6-11-10(9)12/h2-4,6H,5H2,1H3. The number of rotatable bonds is 0. The number of fused-ring (bicyclic) bond motifs is 1. The lowest BCUT2D eigenvalue weighted by Crippen LogP contribution is -2.09. The zero-order valence-corrected chi connectivity index (χ0v) is 6.87. The largest absolute Gasteiger partial charge is 0.276 e. The Morgan fingerprint density at radius 1 is 1.42 bits per heavy atom. The van der Waals surface area contributed by atoms with E-state index in [1.165, 1.54) is 5.56 Å². The molecule has 12 heavy (non-hydrogen) atoms. The first-order valence-corrected chi connectivity index (χ1v) is 3.94. The van der Waals surface area contributed by atoms with Gasteiger partial charge in [-0.3, -0.25) is 4.79 Å². The molecule has 0 aliphatic carbocycles. The van der Waals surface area contributed by atoms with E-state index in [4.69, 9.17) is 0 Å². The van der Waals surface area contributed by atoms with Crippen molar-refractivity contribution in [2.24, 2.45) is 4.99 Å². The molecule has 1 aromatic carbocycles. The Balaban J connectivity index is 2.65. The van der Waals surface area contributed by atoms with Gasteiger partial charge in [0.25, 0.3) is 5.91 Å². The molecule has 1 aromatic rings. The van der Waals surface area contributed by atoms with Crippen molar-refractivity contribution in [1.29, 1.82) is 0 Å². The molecule has 0 fully saturated rings. The van der Waals surface area contributed by atoms with Gasteiger partial charge in [-0.2, -0.15) is 0 Å². The van der Waals surface area contributed by atoms with E-state index in [0.29, 0.717) is 0 Å². The average molecular weight is 159 g/mol. The SMILES string of the molecule is Cc1cccc2c1CC=NC2=O. The van der Waals surface area contributed by atoms with Crippen LogP contribution in [0.4, 0.5) is 0 Å². The Hall–Kier alpha value is -1.44. The van der Waals surface area contributed by atoms with Gasteiger partial charge < -0.3 is 0 Å². The highest BCUT2D eigenvalue weighted by Crippen LogP contribution is 2.17. The van der Waals surface area contributed by atoms with Crippen LogP contribution in [-0.4, -0.2) is 12.1 Å². The third kappa shape index (κ3) is 0.961. The van der Waals surface area contributed by atoms with Crippen molar-refractivity contribution in [2.75, 3.05) is 0 Å². The molecule has 0 aromatic heterocycles. The number of aryl methyl sites for hydroxylation is 1. The van der Waals surface area contributed by atoms with Crippen LogP contribution in [0.15, 0.2) is 23.2 Å². The highest BCUT2D eigenvalue weighted by atomic mass is 16.1. The van der Waals surface area contributed by atoms with Crippen LogP contribution < -0.4 is 0 Å². The fourth-order valence-corrected chi connectivity index (χ4v) is 1.46. The quantitative estimate of drug-likeness (QED) is 0.567. The average Bonchev–Trinajstić information content (AvgIpc) is 2.07. The molecule has 1 aliphatic rings. The minimum absolute atomic E-state index is 0.111. The molecular formula is C10H9NO. The van der Waals surface area contributed by atoms with E-state index in [9.17, 15) is 4.79 Å². The van der Waals surface area contributed by atoms with Crippen LogP contribution in [0.5, 0.6) is 0 Å².